The molecule has 0 spiro atoms. The number of benzene rings is 1. The number of halogens is 3. The summed E-state index contributed by atoms with van der Waals surface area (Å²) in [6.45, 7) is 3.32. The van der Waals surface area contributed by atoms with Crippen molar-refractivity contribution in [2.45, 2.75) is 20.0 Å². The van der Waals surface area contributed by atoms with E-state index in [0.29, 0.717) is 28.5 Å². The molecule has 0 fully saturated rings. The van der Waals surface area contributed by atoms with Gasteiger partial charge in [0.25, 0.3) is 5.69 Å². The Labute approximate surface area is 161 Å². The average molecular weight is 405 g/mol. The second-order valence-electron chi connectivity index (χ2n) is 6.27. The smallest absolute Gasteiger partial charge is 0.431 e. The second-order valence-corrected chi connectivity index (χ2v) is 6.27. The van der Waals surface area contributed by atoms with Gasteiger partial charge >= 0.3 is 11.9 Å². The number of hydrogen-bond acceptors (Lipinski definition) is 5. The molecular weight excluding hydrogens is 391 g/mol. The van der Waals surface area contributed by atoms with Crippen molar-refractivity contribution in [1.29, 1.82) is 0 Å². The molecule has 0 aliphatic rings. The maximum absolute atomic E-state index is 12.8. The standard InChI is InChI=1S/C19H14F3N3O4/c1-10-7-14(11(2)15(8-10)25(27)28)16-6-5-13(29-16)4-3-12-9-17(19(20,21)22)24-18(26)23-12/h3-9H,1-2H3,(H,23,24,26)/b4-3+. The Morgan fingerprint density at radius 1 is 1.17 bits per heavy atom. The van der Waals surface area contributed by atoms with E-state index in [2.05, 4.69) is 4.98 Å². The molecule has 29 heavy (non-hydrogen) atoms. The van der Waals surface area contributed by atoms with Crippen molar-refractivity contribution in [1.82, 2.24) is 9.97 Å². The van der Waals surface area contributed by atoms with Crippen LogP contribution in [-0.4, -0.2) is 14.9 Å². The minimum atomic E-state index is -4.71. The highest BCUT2D eigenvalue weighted by Crippen LogP contribution is 2.33. The normalized spacial score (nSPS) is 11.9. The number of nitro benzene ring substituents is 1. The molecule has 0 atom stereocenters. The highest BCUT2D eigenvalue weighted by atomic mass is 19.4. The van der Waals surface area contributed by atoms with Crippen molar-refractivity contribution in [3.8, 4) is 11.3 Å². The zero-order valence-corrected chi connectivity index (χ0v) is 15.2. The van der Waals surface area contributed by atoms with Crippen LogP contribution in [0, 0.1) is 24.0 Å². The van der Waals surface area contributed by atoms with Crippen LogP contribution < -0.4 is 5.69 Å². The van der Waals surface area contributed by atoms with E-state index in [0.717, 1.165) is 0 Å². The lowest BCUT2D eigenvalue weighted by Crippen LogP contribution is -2.19. The van der Waals surface area contributed by atoms with E-state index in [1.54, 1.807) is 37.0 Å². The van der Waals surface area contributed by atoms with E-state index < -0.39 is 22.5 Å². The Morgan fingerprint density at radius 3 is 2.55 bits per heavy atom. The fourth-order valence-electron chi connectivity index (χ4n) is 2.75. The molecule has 1 aromatic carbocycles. The van der Waals surface area contributed by atoms with Gasteiger partial charge < -0.3 is 9.40 Å². The quantitative estimate of drug-likeness (QED) is 0.499. The average Bonchev–Trinajstić information content (AvgIpc) is 3.09. The first kappa shape index (κ1) is 20.1. The first-order valence-corrected chi connectivity index (χ1v) is 8.27. The maximum atomic E-state index is 12.8. The van der Waals surface area contributed by atoms with Crippen molar-refractivity contribution in [2.75, 3.05) is 0 Å². The number of H-pyrrole nitrogens is 1. The lowest BCUT2D eigenvalue weighted by atomic mass is 10.0. The molecule has 0 unspecified atom stereocenters. The molecule has 3 rings (SSSR count). The first-order valence-electron chi connectivity index (χ1n) is 8.27. The van der Waals surface area contributed by atoms with Gasteiger partial charge in [-0.2, -0.15) is 18.2 Å². The lowest BCUT2D eigenvalue weighted by Gasteiger charge is -2.06. The number of aromatic amines is 1. The van der Waals surface area contributed by atoms with E-state index in [1.807, 2.05) is 0 Å². The van der Waals surface area contributed by atoms with Crippen molar-refractivity contribution >= 4 is 17.8 Å². The monoisotopic (exact) mass is 405 g/mol. The van der Waals surface area contributed by atoms with Crippen molar-refractivity contribution < 1.29 is 22.5 Å². The predicted molar refractivity (Wildman–Crippen MR) is 99.1 cm³/mol. The molecule has 2 aromatic heterocycles. The molecule has 0 aliphatic carbocycles. The van der Waals surface area contributed by atoms with Gasteiger partial charge in [-0.15, -0.1) is 0 Å². The molecule has 150 valence electrons. The van der Waals surface area contributed by atoms with Crippen molar-refractivity contribution in [2.24, 2.45) is 0 Å². The van der Waals surface area contributed by atoms with Crippen LogP contribution in [0.2, 0.25) is 0 Å². The van der Waals surface area contributed by atoms with Crippen LogP contribution >= 0.6 is 0 Å². The topological polar surface area (TPSA) is 102 Å². The minimum Gasteiger partial charge on any atom is -0.457 e. The molecule has 2 heterocycles. The summed E-state index contributed by atoms with van der Waals surface area (Å²) in [5, 5.41) is 11.2. The number of aryl methyl sites for hydroxylation is 1. The Kier molecular flexibility index (Phi) is 5.10. The Hall–Kier alpha value is -3.69. The molecule has 3 aromatic rings. The molecule has 1 N–H and O–H groups in total. The van der Waals surface area contributed by atoms with Crippen LogP contribution in [-0.2, 0) is 6.18 Å². The van der Waals surface area contributed by atoms with Gasteiger partial charge in [0.1, 0.15) is 17.2 Å². The molecule has 0 amide bonds. The molecule has 0 radical (unpaired) electrons. The SMILES string of the molecule is Cc1cc(-c2ccc(/C=C/c3cc(C(F)(F)F)[nH]c(=O)n3)o2)c(C)c([N+](=O)[O-])c1. The highest BCUT2D eigenvalue weighted by Gasteiger charge is 2.32. The lowest BCUT2D eigenvalue weighted by molar-refractivity contribution is -0.385. The van der Waals surface area contributed by atoms with Gasteiger partial charge in [-0.05, 0) is 55.8 Å². The number of nitrogens with one attached hydrogen (secondary N) is 1. The molecular formula is C19H14F3N3O4. The summed E-state index contributed by atoms with van der Waals surface area (Å²) in [7, 11) is 0. The number of hydrogen-bond donors (Lipinski definition) is 1. The molecule has 10 heteroatoms. The molecule has 7 nitrogen and oxygen atoms in total. The number of alkyl halides is 3. The summed E-state index contributed by atoms with van der Waals surface area (Å²) in [5.74, 6) is 0.642. The summed E-state index contributed by atoms with van der Waals surface area (Å²) < 4.78 is 44.0. The molecule has 0 aliphatic heterocycles. The summed E-state index contributed by atoms with van der Waals surface area (Å²) in [6.07, 6.45) is -2.15. The number of furan rings is 1. The van der Waals surface area contributed by atoms with Crippen LogP contribution in [0.5, 0.6) is 0 Å². The Morgan fingerprint density at radius 2 is 1.90 bits per heavy atom. The van der Waals surface area contributed by atoms with Crippen LogP contribution in [0.15, 0.2) is 39.5 Å². The van der Waals surface area contributed by atoms with Crippen molar-refractivity contribution in [3.05, 3.63) is 79.2 Å². The van der Waals surface area contributed by atoms with Crippen molar-refractivity contribution in [3.63, 3.8) is 0 Å². The molecule has 0 saturated carbocycles. The fraction of sp³-hybridized carbons (Fsp3) is 0.158. The van der Waals surface area contributed by atoms with E-state index in [9.17, 15) is 28.1 Å². The van der Waals surface area contributed by atoms with Gasteiger partial charge in [-0.1, -0.05) is 0 Å². The number of rotatable bonds is 4. The van der Waals surface area contributed by atoms with Gasteiger partial charge in [0, 0.05) is 17.2 Å². The van der Waals surface area contributed by atoms with E-state index in [1.165, 1.54) is 18.2 Å². The van der Waals surface area contributed by atoms with E-state index in [-0.39, 0.29) is 17.1 Å². The number of nitrogens with zero attached hydrogens (tertiary/aromatic N) is 2. The largest absolute Gasteiger partial charge is 0.457 e. The van der Waals surface area contributed by atoms with Crippen LogP contribution in [0.4, 0.5) is 18.9 Å². The summed E-state index contributed by atoms with van der Waals surface area (Å²) >= 11 is 0. The minimum absolute atomic E-state index is 0.0408. The molecule has 0 bridgehead atoms. The zero-order chi connectivity index (χ0) is 21.3. The third kappa shape index (κ3) is 4.42. The maximum Gasteiger partial charge on any atom is 0.431 e. The second kappa shape index (κ2) is 7.38. The van der Waals surface area contributed by atoms with Gasteiger partial charge in [0.2, 0.25) is 0 Å². The van der Waals surface area contributed by atoms with Gasteiger partial charge in [-0.25, -0.2) is 4.79 Å². The first-order chi connectivity index (χ1) is 13.5. The van der Waals surface area contributed by atoms with Gasteiger partial charge in [0.15, 0.2) is 0 Å². The number of nitro groups is 1. The zero-order valence-electron chi connectivity index (χ0n) is 15.2. The Balaban J connectivity index is 1.94. The number of aromatic nitrogens is 2. The van der Waals surface area contributed by atoms with Crippen LogP contribution in [0.1, 0.15) is 28.3 Å². The van der Waals surface area contributed by atoms with E-state index in [4.69, 9.17) is 4.42 Å². The van der Waals surface area contributed by atoms with Crippen LogP contribution in [0.3, 0.4) is 0 Å². The fourth-order valence-corrected chi connectivity index (χ4v) is 2.75. The Bertz CT molecular complexity index is 1180. The van der Waals surface area contributed by atoms with Gasteiger partial charge in [-0.3, -0.25) is 10.1 Å². The summed E-state index contributed by atoms with van der Waals surface area (Å²) in [5.41, 5.74) is -0.927. The molecule has 0 saturated heterocycles. The third-order valence-electron chi connectivity index (χ3n) is 4.10. The van der Waals surface area contributed by atoms with E-state index >= 15 is 0 Å². The predicted octanol–water partition coefficient (Wildman–Crippen LogP) is 4.74. The van der Waals surface area contributed by atoms with Gasteiger partial charge in [0.05, 0.1) is 10.6 Å². The highest BCUT2D eigenvalue weighted by molar-refractivity contribution is 5.71. The summed E-state index contributed by atoms with van der Waals surface area (Å²) in [6, 6.07) is 7.05. The third-order valence-corrected chi connectivity index (χ3v) is 4.10. The van der Waals surface area contributed by atoms with Crippen LogP contribution in [0.25, 0.3) is 23.5 Å². The summed E-state index contributed by atoms with van der Waals surface area (Å²) in [4.78, 5) is 27.2.